The summed E-state index contributed by atoms with van der Waals surface area (Å²) >= 11 is 0. The topological polar surface area (TPSA) is 96.5 Å². The molecule has 0 spiro atoms. The minimum Gasteiger partial charge on any atom is -0.335 e. The molecule has 122 valence electrons. The summed E-state index contributed by atoms with van der Waals surface area (Å²) in [7, 11) is 0. The van der Waals surface area contributed by atoms with Crippen molar-refractivity contribution in [2.45, 2.75) is 32.9 Å². The third-order valence-corrected chi connectivity index (χ3v) is 4.02. The van der Waals surface area contributed by atoms with Crippen LogP contribution in [0.25, 0.3) is 10.9 Å². The Morgan fingerprint density at radius 2 is 2.04 bits per heavy atom. The van der Waals surface area contributed by atoms with E-state index in [2.05, 4.69) is 21.5 Å². The first kappa shape index (κ1) is 15.7. The highest BCUT2D eigenvalue weighted by atomic mass is 16.1. The van der Waals surface area contributed by atoms with Gasteiger partial charge in [0.25, 0.3) is 11.1 Å². The third-order valence-electron chi connectivity index (χ3n) is 4.02. The van der Waals surface area contributed by atoms with Gasteiger partial charge in [0.2, 0.25) is 0 Å². The quantitative estimate of drug-likeness (QED) is 0.768. The molecule has 3 aromatic heterocycles. The molecule has 0 atom stereocenters. The number of nitrogens with one attached hydrogen (secondary N) is 1. The largest absolute Gasteiger partial charge is 0.335 e. The van der Waals surface area contributed by atoms with Gasteiger partial charge in [-0.15, -0.1) is 0 Å². The zero-order valence-corrected chi connectivity index (χ0v) is 13.3. The van der Waals surface area contributed by atoms with Crippen LogP contribution in [0, 0.1) is 11.3 Å². The number of aromatic amines is 1. The average molecular weight is 323 g/mol. The molecule has 3 aromatic rings. The van der Waals surface area contributed by atoms with Gasteiger partial charge in [0, 0.05) is 38.1 Å². The highest BCUT2D eigenvalue weighted by Crippen LogP contribution is 2.06. The Labute approximate surface area is 137 Å². The monoisotopic (exact) mass is 323 g/mol. The number of aromatic nitrogens is 4. The van der Waals surface area contributed by atoms with Gasteiger partial charge >= 0.3 is 0 Å². The van der Waals surface area contributed by atoms with Gasteiger partial charge < -0.3 is 14.1 Å². The second-order valence-corrected chi connectivity index (χ2v) is 5.51. The Balaban J connectivity index is 1.84. The Bertz CT molecular complexity index is 1040. The van der Waals surface area contributed by atoms with E-state index in [9.17, 15) is 9.59 Å². The van der Waals surface area contributed by atoms with Gasteiger partial charge in [-0.1, -0.05) is 6.92 Å². The summed E-state index contributed by atoms with van der Waals surface area (Å²) in [6.07, 6.45) is 7.03. The van der Waals surface area contributed by atoms with Crippen LogP contribution in [0.15, 0.2) is 40.3 Å². The Kier molecular flexibility index (Phi) is 4.29. The van der Waals surface area contributed by atoms with Crippen molar-refractivity contribution in [3.63, 3.8) is 0 Å². The first-order valence-electron chi connectivity index (χ1n) is 7.80. The van der Waals surface area contributed by atoms with E-state index in [0.717, 1.165) is 25.2 Å². The fraction of sp³-hybridized carbons (Fsp3) is 0.294. The third kappa shape index (κ3) is 2.86. The second-order valence-electron chi connectivity index (χ2n) is 5.51. The van der Waals surface area contributed by atoms with E-state index in [1.165, 1.54) is 6.07 Å². The van der Waals surface area contributed by atoms with Crippen molar-refractivity contribution in [2.75, 3.05) is 0 Å². The van der Waals surface area contributed by atoms with E-state index in [-0.39, 0.29) is 11.1 Å². The van der Waals surface area contributed by atoms with Gasteiger partial charge in [-0.2, -0.15) is 5.26 Å². The summed E-state index contributed by atoms with van der Waals surface area (Å²) in [6.45, 7) is 3.39. The van der Waals surface area contributed by atoms with Gasteiger partial charge in [-0.05, 0) is 18.6 Å². The molecule has 0 aliphatic heterocycles. The van der Waals surface area contributed by atoms with Crippen LogP contribution in [-0.4, -0.2) is 19.1 Å². The second kappa shape index (κ2) is 6.54. The maximum absolute atomic E-state index is 12.5. The summed E-state index contributed by atoms with van der Waals surface area (Å²) in [5.74, 6) is 1.03. The number of imidazole rings is 1. The normalized spacial score (nSPS) is 10.8. The van der Waals surface area contributed by atoms with Crippen molar-refractivity contribution < 1.29 is 0 Å². The van der Waals surface area contributed by atoms with Crippen LogP contribution in [0.2, 0.25) is 0 Å². The molecule has 3 rings (SSSR count). The fourth-order valence-corrected chi connectivity index (χ4v) is 2.77. The summed E-state index contributed by atoms with van der Waals surface area (Å²) in [5, 5.41) is 9.30. The van der Waals surface area contributed by atoms with Gasteiger partial charge in [-0.3, -0.25) is 9.59 Å². The Morgan fingerprint density at radius 1 is 1.25 bits per heavy atom. The van der Waals surface area contributed by atoms with Crippen molar-refractivity contribution in [1.29, 1.82) is 5.26 Å². The van der Waals surface area contributed by atoms with Gasteiger partial charge in [-0.25, -0.2) is 4.98 Å². The smallest absolute Gasteiger partial charge is 0.266 e. The number of fused-ring (bicyclic) bond motifs is 1. The van der Waals surface area contributed by atoms with Crippen LogP contribution in [0.4, 0.5) is 0 Å². The molecule has 0 amide bonds. The van der Waals surface area contributed by atoms with Crippen molar-refractivity contribution >= 4 is 10.9 Å². The van der Waals surface area contributed by atoms with Crippen LogP contribution in [-0.2, 0) is 19.5 Å². The predicted octanol–water partition coefficient (Wildman–Crippen LogP) is 1.41. The maximum atomic E-state index is 12.5. The molecule has 0 unspecified atom stereocenters. The fourth-order valence-electron chi connectivity index (χ4n) is 2.77. The van der Waals surface area contributed by atoms with E-state index < -0.39 is 5.56 Å². The molecular formula is C17H17N5O2. The van der Waals surface area contributed by atoms with Crippen molar-refractivity contribution in [1.82, 2.24) is 19.1 Å². The SMILES string of the molecule is CCc1nccn1CCCn1ccc2[nH]c(=O)c(C#N)cc2c1=O. The zero-order chi connectivity index (χ0) is 17.1. The number of pyridine rings is 2. The first-order valence-corrected chi connectivity index (χ1v) is 7.80. The molecule has 0 aliphatic carbocycles. The van der Waals surface area contributed by atoms with E-state index in [1.54, 1.807) is 29.1 Å². The minimum atomic E-state index is -0.477. The lowest BCUT2D eigenvalue weighted by atomic mass is 10.2. The van der Waals surface area contributed by atoms with Gasteiger partial charge in [0.05, 0.1) is 10.9 Å². The summed E-state index contributed by atoms with van der Waals surface area (Å²) in [5.41, 5.74) is -0.289. The molecular weight excluding hydrogens is 306 g/mol. The van der Waals surface area contributed by atoms with Gasteiger partial charge in [0.15, 0.2) is 0 Å². The summed E-state index contributed by atoms with van der Waals surface area (Å²) < 4.78 is 3.68. The van der Waals surface area contributed by atoms with E-state index in [1.807, 2.05) is 6.20 Å². The van der Waals surface area contributed by atoms with E-state index in [4.69, 9.17) is 5.26 Å². The van der Waals surface area contributed by atoms with Crippen LogP contribution in [0.5, 0.6) is 0 Å². The molecule has 1 N–H and O–H groups in total. The van der Waals surface area contributed by atoms with Crippen LogP contribution >= 0.6 is 0 Å². The molecule has 0 aliphatic rings. The number of nitriles is 1. The lowest BCUT2D eigenvalue weighted by molar-refractivity contribution is 0.542. The van der Waals surface area contributed by atoms with Crippen LogP contribution < -0.4 is 11.1 Å². The maximum Gasteiger partial charge on any atom is 0.266 e. The van der Waals surface area contributed by atoms with Crippen LogP contribution in [0.3, 0.4) is 0 Å². The molecule has 0 bridgehead atoms. The minimum absolute atomic E-state index is 0.0525. The Morgan fingerprint density at radius 3 is 2.79 bits per heavy atom. The number of aryl methyl sites for hydroxylation is 3. The Hall–Kier alpha value is -3.14. The molecule has 0 saturated heterocycles. The number of rotatable bonds is 5. The molecule has 0 saturated carbocycles. The first-order chi connectivity index (χ1) is 11.6. The van der Waals surface area contributed by atoms with Crippen molar-refractivity contribution in [3.8, 4) is 6.07 Å². The molecule has 7 heteroatoms. The molecule has 0 aromatic carbocycles. The van der Waals surface area contributed by atoms with Crippen LogP contribution in [0.1, 0.15) is 24.7 Å². The summed E-state index contributed by atoms with van der Waals surface area (Å²) in [6, 6.07) is 4.85. The van der Waals surface area contributed by atoms with E-state index >= 15 is 0 Å². The van der Waals surface area contributed by atoms with Gasteiger partial charge in [0.1, 0.15) is 17.5 Å². The number of hydrogen-bond acceptors (Lipinski definition) is 4. The molecule has 0 radical (unpaired) electrons. The molecule has 7 nitrogen and oxygen atoms in total. The lowest BCUT2D eigenvalue weighted by Crippen LogP contribution is -2.22. The standard InChI is InChI=1S/C17H17N5O2/c1-2-15-19-5-9-21(15)6-3-7-22-8-4-14-13(17(22)24)10-12(11-18)16(23)20-14/h4-5,8-10H,2-3,6-7H2,1H3,(H,20,23). The van der Waals surface area contributed by atoms with Crippen molar-refractivity contribution in [3.05, 3.63) is 62.8 Å². The average Bonchev–Trinajstić information content (AvgIpc) is 3.04. The number of hydrogen-bond donors (Lipinski definition) is 1. The molecule has 24 heavy (non-hydrogen) atoms. The molecule has 3 heterocycles. The number of H-pyrrole nitrogens is 1. The van der Waals surface area contributed by atoms with E-state index in [0.29, 0.717) is 17.4 Å². The van der Waals surface area contributed by atoms with Crippen molar-refractivity contribution in [2.24, 2.45) is 0 Å². The lowest BCUT2D eigenvalue weighted by Gasteiger charge is -2.09. The molecule has 0 fully saturated rings. The zero-order valence-electron chi connectivity index (χ0n) is 13.3. The predicted molar refractivity (Wildman–Crippen MR) is 89.8 cm³/mol. The highest BCUT2D eigenvalue weighted by molar-refractivity contribution is 5.78. The highest BCUT2D eigenvalue weighted by Gasteiger charge is 2.08. The number of nitrogens with zero attached hydrogens (tertiary/aromatic N) is 4. The summed E-state index contributed by atoms with van der Waals surface area (Å²) in [4.78, 5) is 31.0.